The van der Waals surface area contributed by atoms with E-state index >= 15 is 0 Å². The quantitative estimate of drug-likeness (QED) is 0.336. The Labute approximate surface area is 216 Å². The molecule has 8 heteroatoms. The van der Waals surface area contributed by atoms with E-state index in [0.29, 0.717) is 46.9 Å². The molecule has 1 fully saturated rings. The third-order valence-corrected chi connectivity index (χ3v) is 7.20. The molecule has 4 aromatic rings. The normalized spacial score (nSPS) is 14.8. The number of phenolic OH excluding ortho intramolecular Hbond substituents is 1. The number of rotatable bonds is 7. The van der Waals surface area contributed by atoms with E-state index in [1.165, 1.54) is 0 Å². The number of likely N-dealkylation sites (tertiary alicyclic amines) is 1. The zero-order valence-corrected chi connectivity index (χ0v) is 21.5. The number of aromatic amines is 1. The van der Waals surface area contributed by atoms with Gasteiger partial charge in [-0.3, -0.25) is 4.79 Å². The largest absolute Gasteiger partial charge is 0.507 e. The number of methoxy groups -OCH3 is 1. The van der Waals surface area contributed by atoms with Gasteiger partial charge in [-0.25, -0.2) is 9.97 Å². The van der Waals surface area contributed by atoms with E-state index in [1.807, 2.05) is 30.3 Å². The molecule has 2 aromatic carbocycles. The van der Waals surface area contributed by atoms with Gasteiger partial charge in [-0.1, -0.05) is 6.07 Å². The first kappa shape index (κ1) is 24.8. The van der Waals surface area contributed by atoms with E-state index < -0.39 is 0 Å². The molecule has 0 saturated carbocycles. The molecule has 1 aliphatic heterocycles. The summed E-state index contributed by atoms with van der Waals surface area (Å²) in [5.41, 5.74) is 4.24. The van der Waals surface area contributed by atoms with Crippen LogP contribution in [0.15, 0.2) is 54.7 Å². The first-order valence-electron chi connectivity index (χ1n) is 12.8. The summed E-state index contributed by atoms with van der Waals surface area (Å²) in [7, 11) is 1.58. The molecule has 37 heavy (non-hydrogen) atoms. The van der Waals surface area contributed by atoms with Gasteiger partial charge in [-0.2, -0.15) is 0 Å². The molecule has 1 amide bonds. The maximum absolute atomic E-state index is 12.9. The summed E-state index contributed by atoms with van der Waals surface area (Å²) in [6.45, 7) is 7.32. The van der Waals surface area contributed by atoms with Crippen LogP contribution >= 0.6 is 0 Å². The maximum Gasteiger partial charge on any atom is 0.251 e. The van der Waals surface area contributed by atoms with Gasteiger partial charge < -0.3 is 25.0 Å². The van der Waals surface area contributed by atoms with Gasteiger partial charge in [0.2, 0.25) is 5.88 Å². The Hall–Kier alpha value is -3.91. The van der Waals surface area contributed by atoms with Crippen LogP contribution in [0.2, 0.25) is 0 Å². The molecule has 3 N–H and O–H groups in total. The van der Waals surface area contributed by atoms with Crippen molar-refractivity contribution < 1.29 is 14.6 Å². The number of imidazole rings is 1. The van der Waals surface area contributed by atoms with Crippen LogP contribution in [0.5, 0.6) is 11.6 Å². The van der Waals surface area contributed by atoms with Crippen molar-refractivity contribution in [2.45, 2.75) is 32.7 Å². The van der Waals surface area contributed by atoms with E-state index in [1.54, 1.807) is 31.5 Å². The second-order valence-corrected chi connectivity index (χ2v) is 9.89. The monoisotopic (exact) mass is 499 g/mol. The number of hydrogen-bond donors (Lipinski definition) is 3. The van der Waals surface area contributed by atoms with Crippen LogP contribution in [0, 0.1) is 5.92 Å². The number of aromatic nitrogens is 3. The van der Waals surface area contributed by atoms with Gasteiger partial charge in [0.25, 0.3) is 5.91 Å². The summed E-state index contributed by atoms with van der Waals surface area (Å²) in [4.78, 5) is 27.6. The Kier molecular flexibility index (Phi) is 7.10. The van der Waals surface area contributed by atoms with E-state index in [-0.39, 0.29) is 11.7 Å². The van der Waals surface area contributed by atoms with E-state index in [4.69, 9.17) is 9.72 Å². The minimum absolute atomic E-state index is 0.0914. The summed E-state index contributed by atoms with van der Waals surface area (Å²) in [5, 5.41) is 13.7. The Bertz CT molecular complexity index is 1410. The number of piperidine rings is 1. The van der Waals surface area contributed by atoms with Crippen molar-refractivity contribution in [3.05, 3.63) is 60.3 Å². The molecule has 0 unspecified atom stereocenters. The van der Waals surface area contributed by atoms with Crippen molar-refractivity contribution in [3.8, 4) is 34.1 Å². The van der Waals surface area contributed by atoms with Crippen molar-refractivity contribution in [3.63, 3.8) is 0 Å². The number of nitrogens with zero attached hydrogens (tertiary/aromatic N) is 3. The molecule has 0 radical (unpaired) electrons. The minimum Gasteiger partial charge on any atom is -0.507 e. The second-order valence-electron chi connectivity index (χ2n) is 9.89. The number of phenols is 1. The SMILES string of the molecule is COc1ncccc1-c1ccc(O)c(-c2nc3cc(C(=O)NCC4CCN(C(C)C)CC4)ccc3[nH]2)c1. The van der Waals surface area contributed by atoms with Crippen molar-refractivity contribution >= 4 is 16.9 Å². The van der Waals surface area contributed by atoms with Gasteiger partial charge in [0.1, 0.15) is 11.6 Å². The van der Waals surface area contributed by atoms with Gasteiger partial charge in [0.15, 0.2) is 0 Å². The second kappa shape index (κ2) is 10.6. The Morgan fingerprint density at radius 1 is 1.16 bits per heavy atom. The molecular formula is C29H33N5O3. The van der Waals surface area contributed by atoms with E-state index in [2.05, 4.69) is 34.0 Å². The number of hydrogen-bond acceptors (Lipinski definition) is 6. The fraction of sp³-hybridized carbons (Fsp3) is 0.345. The van der Waals surface area contributed by atoms with Crippen LogP contribution in [-0.4, -0.2) is 63.7 Å². The Morgan fingerprint density at radius 2 is 1.97 bits per heavy atom. The highest BCUT2D eigenvalue weighted by molar-refractivity contribution is 5.97. The van der Waals surface area contributed by atoms with Gasteiger partial charge >= 0.3 is 0 Å². The smallest absolute Gasteiger partial charge is 0.251 e. The minimum atomic E-state index is -0.0914. The zero-order chi connectivity index (χ0) is 25.9. The number of pyridine rings is 1. The summed E-state index contributed by atoms with van der Waals surface area (Å²) in [6, 6.07) is 15.1. The van der Waals surface area contributed by atoms with Crippen molar-refractivity contribution in [1.29, 1.82) is 0 Å². The van der Waals surface area contributed by atoms with Gasteiger partial charge in [0.05, 0.1) is 23.7 Å². The van der Waals surface area contributed by atoms with Gasteiger partial charge in [0, 0.05) is 29.9 Å². The number of aromatic hydroxyl groups is 1. The summed E-state index contributed by atoms with van der Waals surface area (Å²) in [5.74, 6) is 1.54. The summed E-state index contributed by atoms with van der Waals surface area (Å²) in [6.07, 6.45) is 3.88. The number of benzene rings is 2. The molecule has 1 saturated heterocycles. The number of amides is 1. The number of carbonyl (C=O) groups is 1. The highest BCUT2D eigenvalue weighted by Crippen LogP contribution is 2.35. The van der Waals surface area contributed by atoms with E-state index in [0.717, 1.165) is 42.6 Å². The number of nitrogens with one attached hydrogen (secondary N) is 2. The van der Waals surface area contributed by atoms with Crippen LogP contribution < -0.4 is 10.1 Å². The lowest BCUT2D eigenvalue weighted by Gasteiger charge is -2.34. The average molecular weight is 500 g/mol. The lowest BCUT2D eigenvalue weighted by atomic mass is 9.96. The number of ether oxygens (including phenoxy) is 1. The highest BCUT2D eigenvalue weighted by atomic mass is 16.5. The van der Waals surface area contributed by atoms with Crippen LogP contribution in [0.1, 0.15) is 37.0 Å². The van der Waals surface area contributed by atoms with Crippen LogP contribution in [0.3, 0.4) is 0 Å². The van der Waals surface area contributed by atoms with Crippen molar-refractivity contribution in [2.75, 3.05) is 26.7 Å². The number of fused-ring (bicyclic) bond motifs is 1. The number of carbonyl (C=O) groups excluding carboxylic acids is 1. The average Bonchev–Trinajstić information content (AvgIpc) is 3.35. The topological polar surface area (TPSA) is 103 Å². The van der Waals surface area contributed by atoms with Gasteiger partial charge in [-0.05, 0) is 93.7 Å². The summed E-state index contributed by atoms with van der Waals surface area (Å²) < 4.78 is 5.39. The third kappa shape index (κ3) is 5.29. The van der Waals surface area contributed by atoms with Crippen molar-refractivity contribution in [2.24, 2.45) is 5.92 Å². The molecule has 192 valence electrons. The molecule has 0 atom stereocenters. The lowest BCUT2D eigenvalue weighted by molar-refractivity contribution is 0.0930. The predicted molar refractivity (Wildman–Crippen MR) is 145 cm³/mol. The number of H-pyrrole nitrogens is 1. The molecule has 0 bridgehead atoms. The van der Waals surface area contributed by atoms with Gasteiger partial charge in [-0.15, -0.1) is 0 Å². The van der Waals surface area contributed by atoms with Crippen LogP contribution in [0.25, 0.3) is 33.5 Å². The fourth-order valence-corrected chi connectivity index (χ4v) is 4.95. The first-order chi connectivity index (χ1) is 17.9. The van der Waals surface area contributed by atoms with E-state index in [9.17, 15) is 9.90 Å². The van der Waals surface area contributed by atoms with Crippen LogP contribution in [0.4, 0.5) is 0 Å². The predicted octanol–water partition coefficient (Wildman–Crippen LogP) is 4.86. The molecule has 0 aliphatic carbocycles. The summed E-state index contributed by atoms with van der Waals surface area (Å²) >= 11 is 0. The molecule has 3 heterocycles. The molecule has 8 nitrogen and oxygen atoms in total. The Balaban J connectivity index is 1.33. The highest BCUT2D eigenvalue weighted by Gasteiger charge is 2.21. The fourth-order valence-electron chi connectivity index (χ4n) is 4.95. The molecular weight excluding hydrogens is 466 g/mol. The third-order valence-electron chi connectivity index (χ3n) is 7.20. The standard InChI is InChI=1S/C29H33N5O3/c1-18(2)34-13-10-19(11-14-34)17-31-28(36)21-6-8-24-25(16-21)33-27(32-24)23-15-20(7-9-26(23)35)22-5-4-12-30-29(22)37-3/h4-9,12,15-16,18-19,35H,10-11,13-14,17H2,1-3H3,(H,31,36)(H,32,33). The first-order valence-corrected chi connectivity index (χ1v) is 12.8. The molecule has 0 spiro atoms. The zero-order valence-electron chi connectivity index (χ0n) is 21.5. The maximum atomic E-state index is 12.9. The van der Waals surface area contributed by atoms with Crippen LogP contribution in [-0.2, 0) is 0 Å². The molecule has 2 aromatic heterocycles. The Morgan fingerprint density at radius 3 is 2.73 bits per heavy atom. The molecule has 5 rings (SSSR count). The molecule has 1 aliphatic rings. The lowest BCUT2D eigenvalue weighted by Crippen LogP contribution is -2.41. The van der Waals surface area contributed by atoms with Crippen molar-refractivity contribution in [1.82, 2.24) is 25.2 Å².